The highest BCUT2D eigenvalue weighted by Gasteiger charge is 2.10. The van der Waals surface area contributed by atoms with Crippen LogP contribution in [-0.4, -0.2) is 16.5 Å². The Balaban J connectivity index is 1.90. The zero-order valence-corrected chi connectivity index (χ0v) is 15.3. The second-order valence-electron chi connectivity index (χ2n) is 5.43. The number of hydrogen-bond acceptors (Lipinski definition) is 4. The third-order valence-electron chi connectivity index (χ3n) is 3.67. The third-order valence-corrected chi connectivity index (χ3v) is 4.36. The highest BCUT2D eigenvalue weighted by atomic mass is 79.9. The first-order valence-electron chi connectivity index (χ1n) is 7.86. The van der Waals surface area contributed by atoms with Crippen LogP contribution >= 0.6 is 15.9 Å². The second kappa shape index (κ2) is 7.45. The molecule has 0 bridgehead atoms. The first-order chi connectivity index (χ1) is 11.7. The Morgan fingerprint density at radius 1 is 1.08 bits per heavy atom. The molecule has 1 N–H and O–H groups in total. The molecule has 0 saturated heterocycles. The minimum Gasteiger partial charge on any atom is -0.326 e. The summed E-state index contributed by atoms with van der Waals surface area (Å²) < 4.78 is 0.977. The van der Waals surface area contributed by atoms with Crippen molar-refractivity contribution < 1.29 is 0 Å². The lowest BCUT2D eigenvalue weighted by Gasteiger charge is -2.22. The van der Waals surface area contributed by atoms with Crippen LogP contribution in [0.15, 0.2) is 65.3 Å². The molecule has 3 rings (SSSR count). The van der Waals surface area contributed by atoms with Crippen molar-refractivity contribution in [3.63, 3.8) is 0 Å². The van der Waals surface area contributed by atoms with Crippen LogP contribution in [0.25, 0.3) is 0 Å². The lowest BCUT2D eigenvalue weighted by molar-refractivity contribution is 0.977. The number of halogens is 1. The summed E-state index contributed by atoms with van der Waals surface area (Å²) in [5.74, 6) is 1.44. The molecule has 0 spiro atoms. The predicted molar refractivity (Wildman–Crippen MR) is 103 cm³/mol. The molecule has 0 radical (unpaired) electrons. The number of rotatable bonds is 5. The van der Waals surface area contributed by atoms with Gasteiger partial charge in [0.2, 0.25) is 5.95 Å². The summed E-state index contributed by atoms with van der Waals surface area (Å²) in [6, 6.07) is 18.3. The Morgan fingerprint density at radius 3 is 2.67 bits per heavy atom. The minimum atomic E-state index is 0.575. The van der Waals surface area contributed by atoms with Crippen LogP contribution in [0.4, 0.5) is 23.1 Å². The molecule has 0 unspecified atom stereocenters. The van der Waals surface area contributed by atoms with E-state index in [9.17, 15) is 0 Å². The van der Waals surface area contributed by atoms with Gasteiger partial charge in [-0.1, -0.05) is 24.3 Å². The van der Waals surface area contributed by atoms with Crippen LogP contribution in [0.3, 0.4) is 0 Å². The Morgan fingerprint density at radius 2 is 1.92 bits per heavy atom. The van der Waals surface area contributed by atoms with E-state index in [1.165, 1.54) is 5.56 Å². The van der Waals surface area contributed by atoms with Gasteiger partial charge in [0.15, 0.2) is 0 Å². The molecule has 0 amide bonds. The fourth-order valence-corrected chi connectivity index (χ4v) is 2.90. The van der Waals surface area contributed by atoms with E-state index in [1.807, 2.05) is 30.3 Å². The van der Waals surface area contributed by atoms with Crippen molar-refractivity contribution in [3.05, 3.63) is 70.8 Å². The van der Waals surface area contributed by atoms with Gasteiger partial charge >= 0.3 is 0 Å². The van der Waals surface area contributed by atoms with E-state index in [1.54, 1.807) is 6.20 Å². The quantitative estimate of drug-likeness (QED) is 0.636. The van der Waals surface area contributed by atoms with Crippen molar-refractivity contribution in [1.29, 1.82) is 0 Å². The molecule has 3 aromatic rings. The highest BCUT2D eigenvalue weighted by molar-refractivity contribution is 9.10. The van der Waals surface area contributed by atoms with Gasteiger partial charge in [-0.05, 0) is 65.7 Å². The zero-order chi connectivity index (χ0) is 16.9. The normalized spacial score (nSPS) is 10.5. The summed E-state index contributed by atoms with van der Waals surface area (Å²) in [6.07, 6.45) is 1.78. The number of nitrogens with zero attached hydrogens (tertiary/aromatic N) is 3. The largest absolute Gasteiger partial charge is 0.326 e. The molecule has 122 valence electrons. The van der Waals surface area contributed by atoms with Crippen LogP contribution in [0.1, 0.15) is 12.5 Å². The number of nitrogens with one attached hydrogen (secondary N) is 1. The second-order valence-corrected chi connectivity index (χ2v) is 6.28. The van der Waals surface area contributed by atoms with Gasteiger partial charge in [-0.2, -0.15) is 4.98 Å². The van der Waals surface area contributed by atoms with Gasteiger partial charge in [0.1, 0.15) is 5.82 Å². The monoisotopic (exact) mass is 382 g/mol. The van der Waals surface area contributed by atoms with E-state index in [0.29, 0.717) is 5.95 Å². The molecule has 0 saturated carbocycles. The smallest absolute Gasteiger partial charge is 0.229 e. The summed E-state index contributed by atoms with van der Waals surface area (Å²) in [7, 11) is 0. The number of hydrogen-bond donors (Lipinski definition) is 1. The topological polar surface area (TPSA) is 41.1 Å². The van der Waals surface area contributed by atoms with Gasteiger partial charge in [-0.15, -0.1) is 0 Å². The summed E-state index contributed by atoms with van der Waals surface area (Å²) in [4.78, 5) is 11.2. The highest BCUT2D eigenvalue weighted by Crippen LogP contribution is 2.27. The van der Waals surface area contributed by atoms with Crippen molar-refractivity contribution in [2.75, 3.05) is 16.8 Å². The molecule has 24 heavy (non-hydrogen) atoms. The summed E-state index contributed by atoms with van der Waals surface area (Å²) in [5.41, 5.74) is 3.29. The van der Waals surface area contributed by atoms with Gasteiger partial charge in [0.05, 0.1) is 5.69 Å². The van der Waals surface area contributed by atoms with Crippen LogP contribution in [0, 0.1) is 6.92 Å². The van der Waals surface area contributed by atoms with Crippen molar-refractivity contribution in [2.24, 2.45) is 0 Å². The Kier molecular flexibility index (Phi) is 5.11. The van der Waals surface area contributed by atoms with Crippen molar-refractivity contribution >= 4 is 39.1 Å². The molecule has 4 nitrogen and oxygen atoms in total. The molecular weight excluding hydrogens is 364 g/mol. The van der Waals surface area contributed by atoms with E-state index in [0.717, 1.165) is 28.2 Å². The predicted octanol–water partition coefficient (Wildman–Crippen LogP) is 5.45. The molecule has 0 aliphatic rings. The average molecular weight is 383 g/mol. The molecule has 1 heterocycles. The van der Waals surface area contributed by atoms with Crippen molar-refractivity contribution in [2.45, 2.75) is 13.8 Å². The van der Waals surface area contributed by atoms with Crippen LogP contribution < -0.4 is 10.2 Å². The number of aryl methyl sites for hydroxylation is 1. The maximum Gasteiger partial charge on any atom is 0.229 e. The zero-order valence-electron chi connectivity index (χ0n) is 13.7. The Hall–Kier alpha value is -2.40. The van der Waals surface area contributed by atoms with E-state index in [4.69, 9.17) is 0 Å². The Labute approximate surface area is 150 Å². The maximum absolute atomic E-state index is 4.67. The van der Waals surface area contributed by atoms with Gasteiger partial charge in [-0.25, -0.2) is 4.98 Å². The van der Waals surface area contributed by atoms with Crippen molar-refractivity contribution in [3.8, 4) is 0 Å². The SMILES string of the molecule is CCN(c1cccc(C)c1)c1ccnc(Nc2ccccc2Br)n1. The fraction of sp³-hybridized carbons (Fsp3) is 0.158. The fourth-order valence-electron chi connectivity index (χ4n) is 2.52. The summed E-state index contributed by atoms with van der Waals surface area (Å²) in [5, 5.41) is 3.26. The molecule has 0 atom stereocenters. The molecule has 2 aromatic carbocycles. The number of para-hydroxylation sites is 1. The van der Waals surface area contributed by atoms with E-state index in [-0.39, 0.29) is 0 Å². The van der Waals surface area contributed by atoms with Gasteiger partial charge in [0.25, 0.3) is 0 Å². The minimum absolute atomic E-state index is 0.575. The molecule has 5 heteroatoms. The van der Waals surface area contributed by atoms with Crippen LogP contribution in [0.2, 0.25) is 0 Å². The lowest BCUT2D eigenvalue weighted by atomic mass is 10.2. The van der Waals surface area contributed by atoms with E-state index >= 15 is 0 Å². The van der Waals surface area contributed by atoms with E-state index < -0.39 is 0 Å². The third kappa shape index (κ3) is 3.74. The average Bonchev–Trinajstić information content (AvgIpc) is 2.58. The first kappa shape index (κ1) is 16.5. The molecular formula is C19H19BrN4. The lowest BCUT2D eigenvalue weighted by Crippen LogP contribution is -2.18. The van der Waals surface area contributed by atoms with Gasteiger partial charge in [0, 0.05) is 22.9 Å². The molecule has 0 aliphatic carbocycles. The number of benzene rings is 2. The summed E-state index contributed by atoms with van der Waals surface area (Å²) >= 11 is 3.53. The van der Waals surface area contributed by atoms with Crippen LogP contribution in [0.5, 0.6) is 0 Å². The standard InChI is InChI=1S/C19H19BrN4/c1-3-24(15-8-6-7-14(2)13-15)18-11-12-21-19(23-18)22-17-10-5-4-9-16(17)20/h4-13H,3H2,1-2H3,(H,21,22,23). The van der Waals surface area contributed by atoms with Gasteiger partial charge in [-0.3, -0.25) is 0 Å². The Bertz CT molecular complexity index is 835. The molecule has 0 fully saturated rings. The maximum atomic E-state index is 4.67. The van der Waals surface area contributed by atoms with E-state index in [2.05, 4.69) is 74.2 Å². The summed E-state index contributed by atoms with van der Waals surface area (Å²) in [6.45, 7) is 5.04. The van der Waals surface area contributed by atoms with Gasteiger partial charge < -0.3 is 10.2 Å². The molecule has 1 aromatic heterocycles. The molecule has 0 aliphatic heterocycles. The number of aromatic nitrogens is 2. The first-order valence-corrected chi connectivity index (χ1v) is 8.65. The number of anilines is 4. The van der Waals surface area contributed by atoms with Crippen LogP contribution in [-0.2, 0) is 0 Å². The van der Waals surface area contributed by atoms with Crippen molar-refractivity contribution in [1.82, 2.24) is 9.97 Å².